The van der Waals surface area contributed by atoms with Crippen LogP contribution < -0.4 is 9.47 Å². The molecule has 5 rings (SSSR count). The standard InChI is InChI=1S/C32H24I2O2/c1-35-31-25(17-15-23-13-11-21-7-3-5-9-27(21)29(23)33)19-20-26(32(31)36-2)18-16-24-14-12-22-8-4-6-10-28(22)30(24)34/h3-20H,1-2H3/b17-15-,18-16-. The van der Waals surface area contributed by atoms with E-state index in [4.69, 9.17) is 9.47 Å². The Balaban J connectivity index is 1.49. The summed E-state index contributed by atoms with van der Waals surface area (Å²) in [5.74, 6) is 1.44. The minimum atomic E-state index is 0.722. The summed E-state index contributed by atoms with van der Waals surface area (Å²) < 4.78 is 14.1. The predicted octanol–water partition coefficient (Wildman–Crippen LogP) is 9.56. The smallest absolute Gasteiger partial charge is 0.168 e. The first-order valence-corrected chi connectivity index (χ1v) is 13.7. The lowest BCUT2D eigenvalue weighted by atomic mass is 10.0. The molecule has 0 aliphatic heterocycles. The van der Waals surface area contributed by atoms with Crippen LogP contribution in [0.25, 0.3) is 45.8 Å². The summed E-state index contributed by atoms with van der Waals surface area (Å²) in [7, 11) is 3.38. The molecule has 0 aliphatic carbocycles. The molecule has 0 N–H and O–H groups in total. The lowest BCUT2D eigenvalue weighted by molar-refractivity contribution is 0.354. The molecule has 0 atom stereocenters. The fourth-order valence-corrected chi connectivity index (χ4v) is 6.10. The molecular formula is C32H24I2O2. The van der Waals surface area contributed by atoms with Gasteiger partial charge in [-0.3, -0.25) is 0 Å². The molecule has 0 bridgehead atoms. The van der Waals surface area contributed by atoms with Crippen LogP contribution in [0, 0.1) is 7.14 Å². The van der Waals surface area contributed by atoms with Crippen molar-refractivity contribution in [3.05, 3.63) is 114 Å². The summed E-state index contributed by atoms with van der Waals surface area (Å²) in [5.41, 5.74) is 4.28. The van der Waals surface area contributed by atoms with Crippen molar-refractivity contribution in [2.75, 3.05) is 14.2 Å². The fourth-order valence-electron chi connectivity index (χ4n) is 4.39. The highest BCUT2D eigenvalue weighted by atomic mass is 127. The van der Waals surface area contributed by atoms with E-state index in [9.17, 15) is 0 Å². The van der Waals surface area contributed by atoms with Crippen LogP contribution in [0.5, 0.6) is 11.5 Å². The van der Waals surface area contributed by atoms with E-state index in [2.05, 4.69) is 154 Å². The molecule has 0 amide bonds. The zero-order valence-electron chi connectivity index (χ0n) is 20.0. The third-order valence-electron chi connectivity index (χ3n) is 6.25. The minimum absolute atomic E-state index is 0.722. The Kier molecular flexibility index (Phi) is 7.62. The third-order valence-corrected chi connectivity index (χ3v) is 8.66. The van der Waals surface area contributed by atoms with Gasteiger partial charge in [-0.25, -0.2) is 0 Å². The molecule has 0 radical (unpaired) electrons. The van der Waals surface area contributed by atoms with Gasteiger partial charge in [0, 0.05) is 18.3 Å². The predicted molar refractivity (Wildman–Crippen MR) is 171 cm³/mol. The fraction of sp³-hybridized carbons (Fsp3) is 0.0625. The monoisotopic (exact) mass is 694 g/mol. The number of ether oxygens (including phenoxy) is 2. The lowest BCUT2D eigenvalue weighted by Gasteiger charge is -2.14. The van der Waals surface area contributed by atoms with Crippen molar-refractivity contribution in [2.45, 2.75) is 0 Å². The van der Waals surface area contributed by atoms with Crippen LogP contribution in [0.2, 0.25) is 0 Å². The number of hydrogen-bond acceptors (Lipinski definition) is 2. The van der Waals surface area contributed by atoms with Crippen LogP contribution in [0.4, 0.5) is 0 Å². The van der Waals surface area contributed by atoms with E-state index >= 15 is 0 Å². The van der Waals surface area contributed by atoms with Gasteiger partial charge < -0.3 is 9.47 Å². The van der Waals surface area contributed by atoms with Crippen LogP contribution in [0.15, 0.2) is 84.9 Å². The first-order valence-electron chi connectivity index (χ1n) is 11.6. The van der Waals surface area contributed by atoms with Gasteiger partial charge in [0.15, 0.2) is 11.5 Å². The largest absolute Gasteiger partial charge is 0.492 e. The van der Waals surface area contributed by atoms with Crippen molar-refractivity contribution in [2.24, 2.45) is 0 Å². The quantitative estimate of drug-likeness (QED) is 0.130. The Morgan fingerprint density at radius 1 is 0.472 bits per heavy atom. The zero-order valence-corrected chi connectivity index (χ0v) is 24.3. The van der Waals surface area contributed by atoms with Gasteiger partial charge in [0.1, 0.15) is 0 Å². The average molecular weight is 694 g/mol. The molecule has 5 aromatic rings. The summed E-state index contributed by atoms with van der Waals surface area (Å²) in [6.45, 7) is 0. The molecule has 178 valence electrons. The number of halogens is 2. The van der Waals surface area contributed by atoms with Crippen LogP contribution in [-0.4, -0.2) is 14.2 Å². The summed E-state index contributed by atoms with van der Waals surface area (Å²) in [5, 5.41) is 5.01. The molecule has 2 nitrogen and oxygen atoms in total. The highest BCUT2D eigenvalue weighted by molar-refractivity contribution is 14.1. The first-order chi connectivity index (χ1) is 17.6. The number of methoxy groups -OCH3 is 2. The number of rotatable bonds is 6. The Bertz CT molecular complexity index is 1510. The highest BCUT2D eigenvalue weighted by Crippen LogP contribution is 2.37. The van der Waals surface area contributed by atoms with Crippen LogP contribution in [0.3, 0.4) is 0 Å². The van der Waals surface area contributed by atoms with Crippen molar-refractivity contribution >= 4 is 91.0 Å². The van der Waals surface area contributed by atoms with Gasteiger partial charge in [-0.05, 0) is 77.9 Å². The molecule has 4 heteroatoms. The van der Waals surface area contributed by atoms with E-state index in [1.165, 1.54) is 39.8 Å². The Labute approximate surface area is 238 Å². The normalized spacial score (nSPS) is 11.7. The maximum Gasteiger partial charge on any atom is 0.168 e. The van der Waals surface area contributed by atoms with Gasteiger partial charge in [-0.15, -0.1) is 0 Å². The summed E-state index contributed by atoms with van der Waals surface area (Å²) in [6.07, 6.45) is 8.46. The average Bonchev–Trinajstić information content (AvgIpc) is 2.92. The number of hydrogen-bond donors (Lipinski definition) is 0. The van der Waals surface area contributed by atoms with Crippen molar-refractivity contribution in [1.29, 1.82) is 0 Å². The maximum atomic E-state index is 5.82. The number of benzene rings is 5. The molecule has 0 saturated carbocycles. The van der Waals surface area contributed by atoms with Gasteiger partial charge in [0.2, 0.25) is 0 Å². The third kappa shape index (κ3) is 4.89. The molecule has 0 heterocycles. The van der Waals surface area contributed by atoms with Crippen LogP contribution in [-0.2, 0) is 0 Å². The summed E-state index contributed by atoms with van der Waals surface area (Å²) in [6, 6.07) is 29.7. The number of fused-ring (bicyclic) bond motifs is 2. The maximum absolute atomic E-state index is 5.82. The van der Waals surface area contributed by atoms with Gasteiger partial charge in [-0.2, -0.15) is 0 Å². The molecule has 36 heavy (non-hydrogen) atoms. The molecule has 0 unspecified atom stereocenters. The molecule has 0 aliphatic rings. The first kappa shape index (κ1) is 24.8. The molecule has 0 aromatic heterocycles. The van der Waals surface area contributed by atoms with Gasteiger partial charge in [0.25, 0.3) is 0 Å². The minimum Gasteiger partial charge on any atom is -0.492 e. The Morgan fingerprint density at radius 2 is 0.833 bits per heavy atom. The summed E-state index contributed by atoms with van der Waals surface area (Å²) >= 11 is 4.85. The van der Waals surface area contributed by atoms with Crippen LogP contribution in [0.1, 0.15) is 22.3 Å². The van der Waals surface area contributed by atoms with Gasteiger partial charge >= 0.3 is 0 Å². The SMILES string of the molecule is COc1c(/C=C\c2ccc3ccccc3c2I)ccc(/C=C\c2ccc3ccccc3c2I)c1OC. The second kappa shape index (κ2) is 11.0. The second-order valence-electron chi connectivity index (χ2n) is 8.36. The molecule has 5 aromatic carbocycles. The molecule has 0 saturated heterocycles. The van der Waals surface area contributed by atoms with Crippen molar-refractivity contribution in [1.82, 2.24) is 0 Å². The van der Waals surface area contributed by atoms with Gasteiger partial charge in [-0.1, -0.05) is 109 Å². The second-order valence-corrected chi connectivity index (χ2v) is 10.5. The Hall–Kier alpha value is -2.84. The highest BCUT2D eigenvalue weighted by Gasteiger charge is 2.13. The topological polar surface area (TPSA) is 18.5 Å². The van der Waals surface area contributed by atoms with E-state index in [0.29, 0.717) is 0 Å². The van der Waals surface area contributed by atoms with Crippen molar-refractivity contribution in [3.8, 4) is 11.5 Å². The molecule has 0 fully saturated rings. The Morgan fingerprint density at radius 3 is 1.25 bits per heavy atom. The van der Waals surface area contributed by atoms with Crippen LogP contribution >= 0.6 is 45.2 Å². The van der Waals surface area contributed by atoms with Gasteiger partial charge in [0.05, 0.1) is 14.2 Å². The van der Waals surface area contributed by atoms with Crippen molar-refractivity contribution in [3.63, 3.8) is 0 Å². The van der Waals surface area contributed by atoms with Crippen molar-refractivity contribution < 1.29 is 9.47 Å². The lowest BCUT2D eigenvalue weighted by Crippen LogP contribution is -1.95. The van der Waals surface area contributed by atoms with E-state index in [1.54, 1.807) is 14.2 Å². The molecule has 0 spiro atoms. The molecular weight excluding hydrogens is 670 g/mol. The van der Waals surface area contributed by atoms with E-state index in [1.807, 2.05) is 0 Å². The van der Waals surface area contributed by atoms with E-state index < -0.39 is 0 Å². The van der Waals surface area contributed by atoms with E-state index in [-0.39, 0.29) is 0 Å². The zero-order chi connectivity index (χ0) is 25.1. The van der Waals surface area contributed by atoms with E-state index in [0.717, 1.165) is 22.6 Å². The summed E-state index contributed by atoms with van der Waals surface area (Å²) in [4.78, 5) is 0.